The Bertz CT molecular complexity index is 1920. The smallest absolute Gasteiger partial charge is 0.308 e. The summed E-state index contributed by atoms with van der Waals surface area (Å²) in [6.07, 6.45) is 3.75. The maximum Gasteiger partial charge on any atom is 0.308 e. The zero-order valence-corrected chi connectivity index (χ0v) is 31.7. The van der Waals surface area contributed by atoms with Crippen molar-refractivity contribution in [1.82, 2.24) is 19.4 Å². The Hall–Kier alpha value is -4.74. The second-order valence-electron chi connectivity index (χ2n) is 14.0. The number of ether oxygens (including phenoxy) is 4. The lowest BCUT2D eigenvalue weighted by molar-refractivity contribution is -0.132. The number of methoxy groups -OCH3 is 2. The third kappa shape index (κ3) is 7.96. The lowest BCUT2D eigenvalue weighted by Gasteiger charge is -2.36. The number of carbonyl (C=O) groups excluding carboxylic acids is 3. The lowest BCUT2D eigenvalue weighted by Crippen LogP contribution is -2.41. The van der Waals surface area contributed by atoms with E-state index in [9.17, 15) is 14.4 Å². The first-order valence-electron chi connectivity index (χ1n) is 18.8. The third-order valence-electron chi connectivity index (χ3n) is 11.0. The molecule has 0 spiro atoms. The Kier molecular flexibility index (Phi) is 12.1. The molecule has 2 aliphatic rings. The van der Waals surface area contributed by atoms with Crippen LogP contribution in [0.5, 0.6) is 17.2 Å². The van der Waals surface area contributed by atoms with Crippen molar-refractivity contribution in [1.29, 1.82) is 0 Å². The van der Waals surface area contributed by atoms with Crippen molar-refractivity contribution in [2.75, 3.05) is 60.2 Å². The number of aromatic nitrogens is 2. The number of rotatable bonds is 15. The van der Waals surface area contributed by atoms with E-state index in [0.717, 1.165) is 61.9 Å². The lowest BCUT2D eigenvalue weighted by atomic mass is 9.76. The maximum absolute atomic E-state index is 14.3. The molecule has 4 aromatic rings. The molecular weight excluding hydrogens is 672 g/mol. The van der Waals surface area contributed by atoms with Crippen molar-refractivity contribution < 1.29 is 33.3 Å². The number of carbonyl (C=O) groups is 3. The van der Waals surface area contributed by atoms with Crippen LogP contribution in [0.15, 0.2) is 60.7 Å². The molecule has 6 rings (SSSR count). The summed E-state index contributed by atoms with van der Waals surface area (Å²) in [5.74, 6) is 0.764. The Morgan fingerprint density at radius 3 is 2.32 bits per heavy atom. The highest BCUT2D eigenvalue weighted by Gasteiger charge is 2.43. The average Bonchev–Trinajstić information content (AvgIpc) is 3.79. The molecule has 0 aliphatic carbocycles. The summed E-state index contributed by atoms with van der Waals surface area (Å²) in [6, 6.07) is 20.0. The molecule has 2 saturated heterocycles. The minimum atomic E-state index is -0.532. The van der Waals surface area contributed by atoms with Gasteiger partial charge in [0.15, 0.2) is 17.3 Å². The van der Waals surface area contributed by atoms with Crippen LogP contribution < -0.4 is 14.2 Å². The van der Waals surface area contributed by atoms with Crippen LogP contribution >= 0.6 is 0 Å². The molecule has 1 atom stereocenters. The number of Topliss-reactive ketones (excluding diaryl/α,β-unsaturated/α-hetero) is 1. The van der Waals surface area contributed by atoms with Gasteiger partial charge in [0.05, 0.1) is 37.4 Å². The second kappa shape index (κ2) is 16.9. The number of fused-ring (bicyclic) bond motifs is 1. The van der Waals surface area contributed by atoms with E-state index in [1.807, 2.05) is 53.6 Å². The molecule has 282 valence electrons. The molecule has 0 radical (unpaired) electrons. The molecule has 0 saturated carbocycles. The largest absolute Gasteiger partial charge is 0.496 e. The van der Waals surface area contributed by atoms with Gasteiger partial charge >= 0.3 is 5.97 Å². The predicted molar refractivity (Wildman–Crippen MR) is 203 cm³/mol. The number of para-hydroxylation sites is 2. The number of benzene rings is 3. The molecule has 11 nitrogen and oxygen atoms in total. The fraction of sp³-hybridized carbons (Fsp3) is 0.476. The van der Waals surface area contributed by atoms with Gasteiger partial charge in [-0.2, -0.15) is 0 Å². The second-order valence-corrected chi connectivity index (χ2v) is 14.0. The zero-order valence-electron chi connectivity index (χ0n) is 31.7. The Balaban J connectivity index is 1.17. The van der Waals surface area contributed by atoms with E-state index in [4.69, 9.17) is 23.9 Å². The summed E-state index contributed by atoms with van der Waals surface area (Å²) in [6.45, 7) is 10.5. The van der Waals surface area contributed by atoms with E-state index in [1.165, 1.54) is 19.6 Å². The number of piperidine rings is 1. The summed E-state index contributed by atoms with van der Waals surface area (Å²) < 4.78 is 24.7. The van der Waals surface area contributed by atoms with Gasteiger partial charge in [-0.15, -0.1) is 0 Å². The average molecular weight is 725 g/mol. The number of nitrogens with zero attached hydrogens (tertiary/aromatic N) is 4. The van der Waals surface area contributed by atoms with Crippen LogP contribution in [0, 0.1) is 5.92 Å². The molecule has 53 heavy (non-hydrogen) atoms. The Morgan fingerprint density at radius 2 is 1.64 bits per heavy atom. The van der Waals surface area contributed by atoms with Crippen molar-refractivity contribution in [3.05, 3.63) is 83.2 Å². The quantitative estimate of drug-likeness (QED) is 0.0600. The number of imidazole rings is 1. The van der Waals surface area contributed by atoms with Crippen LogP contribution in [0.1, 0.15) is 78.6 Å². The normalized spacial score (nSPS) is 18.0. The van der Waals surface area contributed by atoms with Gasteiger partial charge in [0.1, 0.15) is 5.75 Å². The van der Waals surface area contributed by atoms with Gasteiger partial charge in [-0.05, 0) is 82.4 Å². The summed E-state index contributed by atoms with van der Waals surface area (Å²) in [4.78, 5) is 49.6. The van der Waals surface area contributed by atoms with Gasteiger partial charge in [0.25, 0.3) is 5.91 Å². The Morgan fingerprint density at radius 1 is 0.906 bits per heavy atom. The van der Waals surface area contributed by atoms with E-state index < -0.39 is 5.97 Å². The molecule has 1 aromatic heterocycles. The fourth-order valence-corrected chi connectivity index (χ4v) is 8.15. The number of esters is 1. The highest BCUT2D eigenvalue weighted by Crippen LogP contribution is 2.44. The van der Waals surface area contributed by atoms with E-state index >= 15 is 0 Å². The first kappa shape index (κ1) is 38.0. The molecule has 1 amide bonds. The van der Waals surface area contributed by atoms with Crippen molar-refractivity contribution in [3.8, 4) is 17.2 Å². The van der Waals surface area contributed by atoms with Crippen LogP contribution in [0.4, 0.5) is 0 Å². The summed E-state index contributed by atoms with van der Waals surface area (Å²) in [5.41, 5.74) is 3.69. The van der Waals surface area contributed by atoms with Crippen LogP contribution in [-0.4, -0.2) is 97.2 Å². The van der Waals surface area contributed by atoms with Crippen molar-refractivity contribution >= 4 is 28.7 Å². The Labute approximate surface area is 312 Å². The number of likely N-dealkylation sites (tertiary alicyclic amines) is 2. The van der Waals surface area contributed by atoms with E-state index in [-0.39, 0.29) is 34.3 Å². The molecule has 1 unspecified atom stereocenters. The molecule has 11 heteroatoms. The monoisotopic (exact) mass is 724 g/mol. The maximum atomic E-state index is 14.3. The molecule has 3 heterocycles. The van der Waals surface area contributed by atoms with Gasteiger partial charge in [-0.25, -0.2) is 4.98 Å². The first-order valence-corrected chi connectivity index (χ1v) is 18.8. The summed E-state index contributed by atoms with van der Waals surface area (Å²) >= 11 is 0. The highest BCUT2D eigenvalue weighted by molar-refractivity contribution is 6.00. The van der Waals surface area contributed by atoms with Gasteiger partial charge < -0.3 is 33.3 Å². The number of hydrogen-bond donors (Lipinski definition) is 0. The number of ketones is 1. The van der Waals surface area contributed by atoms with Crippen molar-refractivity contribution in [3.63, 3.8) is 0 Å². The van der Waals surface area contributed by atoms with Crippen molar-refractivity contribution in [2.45, 2.75) is 64.8 Å². The third-order valence-corrected chi connectivity index (χ3v) is 11.0. The predicted octanol–water partition coefficient (Wildman–Crippen LogP) is 6.35. The zero-order chi connectivity index (χ0) is 37.5. The SMILES string of the molecule is CCOCCn1c(C(=O)C2CCN(CCC3(c4ccccc4)CCN(C(=O)c4cc(OC)c(CC)c(OC)c4OC(C)=O)C3)CC2)nc2ccccc21. The van der Waals surface area contributed by atoms with Gasteiger partial charge in [-0.3, -0.25) is 14.4 Å². The van der Waals surface area contributed by atoms with Crippen LogP contribution in [0.25, 0.3) is 11.0 Å². The molecule has 3 aromatic carbocycles. The molecule has 0 N–H and O–H groups in total. The van der Waals surface area contributed by atoms with E-state index in [2.05, 4.69) is 29.2 Å². The molecular formula is C42H52N4O7. The molecule has 2 aliphatic heterocycles. The van der Waals surface area contributed by atoms with Crippen LogP contribution in [-0.2, 0) is 27.9 Å². The molecule has 0 bridgehead atoms. The van der Waals surface area contributed by atoms with Gasteiger partial charge in [0.2, 0.25) is 5.78 Å². The van der Waals surface area contributed by atoms with Gasteiger partial charge in [0, 0.05) is 50.1 Å². The molecule has 2 fully saturated rings. The number of hydrogen-bond acceptors (Lipinski definition) is 9. The fourth-order valence-electron chi connectivity index (χ4n) is 8.15. The summed E-state index contributed by atoms with van der Waals surface area (Å²) in [5, 5.41) is 0. The van der Waals surface area contributed by atoms with Crippen LogP contribution in [0.2, 0.25) is 0 Å². The van der Waals surface area contributed by atoms with Crippen molar-refractivity contribution in [2.24, 2.45) is 5.92 Å². The first-order chi connectivity index (χ1) is 25.7. The summed E-state index contributed by atoms with van der Waals surface area (Å²) in [7, 11) is 3.06. The minimum Gasteiger partial charge on any atom is -0.496 e. The van der Waals surface area contributed by atoms with E-state index in [1.54, 1.807) is 13.2 Å². The number of amides is 1. The standard InChI is InChI=1S/C42H52N4O7/c1-6-32-36(50-4)27-33(39(38(32)51-5)53-29(3)47)41(49)45-24-20-42(28-45,31-13-9-8-10-14-31)19-23-44-21-17-30(18-22-44)37(48)40-43-34-15-11-12-16-35(34)46(40)25-26-52-7-2/h8-16,27,30H,6-7,17-26,28H2,1-5H3. The highest BCUT2D eigenvalue weighted by atomic mass is 16.6. The minimum absolute atomic E-state index is 0.0870. The van der Waals surface area contributed by atoms with E-state index in [0.29, 0.717) is 56.6 Å². The topological polar surface area (TPSA) is 112 Å². The van der Waals surface area contributed by atoms with Gasteiger partial charge in [-0.1, -0.05) is 49.4 Å². The van der Waals surface area contributed by atoms with Crippen LogP contribution in [0.3, 0.4) is 0 Å².